The van der Waals surface area contributed by atoms with Crippen LogP contribution in [0.25, 0.3) is 10.4 Å². The second-order valence-corrected chi connectivity index (χ2v) is 7.54. The Hall–Kier alpha value is -1.85. The third-order valence-electron chi connectivity index (χ3n) is 5.00. The zero-order valence-electron chi connectivity index (χ0n) is 13.0. The lowest BCUT2D eigenvalue weighted by molar-refractivity contribution is 0.0296. The van der Waals surface area contributed by atoms with Gasteiger partial charge < -0.3 is 11.1 Å². The fraction of sp³-hybridized carbons (Fsp3) is 0.389. The number of nitrogens with two attached hydrogens (primary N) is 1. The molecule has 3 N–H and O–H groups in total. The number of fused-ring (bicyclic) bond motifs is 3. The molecule has 1 aromatic carbocycles. The van der Waals surface area contributed by atoms with Gasteiger partial charge in [-0.1, -0.05) is 18.2 Å². The number of carbonyl (C=O) groups is 1. The molecule has 1 unspecified atom stereocenters. The molecule has 1 atom stereocenters. The molecule has 23 heavy (non-hydrogen) atoms. The van der Waals surface area contributed by atoms with Crippen LogP contribution in [0.1, 0.15) is 28.9 Å². The lowest BCUT2D eigenvalue weighted by Crippen LogP contribution is -2.56. The van der Waals surface area contributed by atoms with Crippen molar-refractivity contribution in [3.8, 4) is 10.4 Å². The SMILES string of the molecule is Nc1ccccc1-c1ccc(C(=O)NC2CC3CCN2CC3)s1. The highest BCUT2D eigenvalue weighted by Crippen LogP contribution is 2.33. The summed E-state index contributed by atoms with van der Waals surface area (Å²) in [4.78, 5) is 16.8. The standard InChI is InChI=1S/C18H21N3OS/c19-14-4-2-1-3-13(14)15-5-6-16(23-15)18(22)20-17-11-12-7-9-21(17)10-8-12/h1-6,12,17H,7-11,19H2,(H,20,22). The van der Waals surface area contributed by atoms with Gasteiger partial charge >= 0.3 is 0 Å². The van der Waals surface area contributed by atoms with Crippen molar-refractivity contribution in [3.05, 3.63) is 41.3 Å². The Morgan fingerprint density at radius 2 is 1.96 bits per heavy atom. The number of anilines is 1. The monoisotopic (exact) mass is 327 g/mol. The summed E-state index contributed by atoms with van der Waals surface area (Å²) in [5.74, 6) is 0.821. The first-order chi connectivity index (χ1) is 11.2. The quantitative estimate of drug-likeness (QED) is 0.851. The van der Waals surface area contributed by atoms with E-state index < -0.39 is 0 Å². The minimum atomic E-state index is 0.0355. The molecule has 3 aliphatic rings. The summed E-state index contributed by atoms with van der Waals surface area (Å²) in [5, 5.41) is 3.21. The second kappa shape index (κ2) is 5.98. The molecule has 3 saturated heterocycles. The third kappa shape index (κ3) is 2.86. The molecule has 0 radical (unpaired) electrons. The van der Waals surface area contributed by atoms with Crippen molar-refractivity contribution in [3.63, 3.8) is 0 Å². The van der Waals surface area contributed by atoms with Crippen molar-refractivity contribution in [1.29, 1.82) is 0 Å². The Bertz CT molecular complexity index is 719. The fourth-order valence-electron chi connectivity index (χ4n) is 3.66. The van der Waals surface area contributed by atoms with Crippen molar-refractivity contribution in [2.24, 2.45) is 5.92 Å². The summed E-state index contributed by atoms with van der Waals surface area (Å²) in [5.41, 5.74) is 7.77. The lowest BCUT2D eigenvalue weighted by atomic mass is 9.86. The summed E-state index contributed by atoms with van der Waals surface area (Å²) >= 11 is 1.51. The Morgan fingerprint density at radius 3 is 2.65 bits per heavy atom. The van der Waals surface area contributed by atoms with Crippen LogP contribution >= 0.6 is 11.3 Å². The van der Waals surface area contributed by atoms with Crippen LogP contribution in [0, 0.1) is 5.92 Å². The maximum absolute atomic E-state index is 12.6. The van der Waals surface area contributed by atoms with E-state index in [1.54, 1.807) is 0 Å². The van der Waals surface area contributed by atoms with Gasteiger partial charge in [0.25, 0.3) is 5.91 Å². The molecular formula is C18H21N3OS. The average Bonchev–Trinajstić information content (AvgIpc) is 3.06. The van der Waals surface area contributed by atoms with E-state index in [1.165, 1.54) is 24.2 Å². The van der Waals surface area contributed by atoms with Gasteiger partial charge in [0.05, 0.1) is 11.0 Å². The van der Waals surface area contributed by atoms with Gasteiger partial charge in [0, 0.05) is 29.2 Å². The number of nitrogen functional groups attached to an aromatic ring is 1. The Morgan fingerprint density at radius 1 is 1.17 bits per heavy atom. The van der Waals surface area contributed by atoms with Gasteiger partial charge in [0.2, 0.25) is 0 Å². The zero-order valence-corrected chi connectivity index (χ0v) is 13.8. The van der Waals surface area contributed by atoms with Crippen LogP contribution in [-0.4, -0.2) is 30.1 Å². The summed E-state index contributed by atoms with van der Waals surface area (Å²) in [6.45, 7) is 2.23. The third-order valence-corrected chi connectivity index (χ3v) is 6.12. The Balaban J connectivity index is 1.48. The van der Waals surface area contributed by atoms with Crippen LogP contribution < -0.4 is 11.1 Å². The molecule has 5 rings (SSSR count). The average molecular weight is 327 g/mol. The smallest absolute Gasteiger partial charge is 0.262 e. The van der Waals surface area contributed by atoms with Crippen LogP contribution in [0.15, 0.2) is 36.4 Å². The predicted molar refractivity (Wildman–Crippen MR) is 94.3 cm³/mol. The molecule has 4 heterocycles. The topological polar surface area (TPSA) is 58.4 Å². The largest absolute Gasteiger partial charge is 0.398 e. The molecule has 0 aliphatic carbocycles. The molecule has 2 aromatic rings. The number of para-hydroxylation sites is 1. The van der Waals surface area contributed by atoms with Gasteiger partial charge in [0.15, 0.2) is 0 Å². The molecule has 3 aliphatic heterocycles. The van der Waals surface area contributed by atoms with Gasteiger partial charge in [-0.3, -0.25) is 9.69 Å². The number of benzene rings is 1. The summed E-state index contributed by atoms with van der Waals surface area (Å²) in [7, 11) is 0. The molecule has 4 nitrogen and oxygen atoms in total. The van der Waals surface area contributed by atoms with Crippen molar-refractivity contribution >= 4 is 22.9 Å². The van der Waals surface area contributed by atoms with Gasteiger partial charge in [-0.05, 0) is 43.4 Å². The predicted octanol–water partition coefficient (Wildman–Crippen LogP) is 3.17. The van der Waals surface area contributed by atoms with Crippen molar-refractivity contribution < 1.29 is 4.79 Å². The number of hydrogen-bond donors (Lipinski definition) is 2. The highest BCUT2D eigenvalue weighted by Gasteiger charge is 2.34. The number of amides is 1. The van der Waals surface area contributed by atoms with Crippen molar-refractivity contribution in [2.75, 3.05) is 18.8 Å². The van der Waals surface area contributed by atoms with E-state index in [4.69, 9.17) is 5.73 Å². The highest BCUT2D eigenvalue weighted by atomic mass is 32.1. The molecule has 0 saturated carbocycles. The van der Waals surface area contributed by atoms with Crippen molar-refractivity contribution in [2.45, 2.75) is 25.4 Å². The van der Waals surface area contributed by atoms with Crippen LogP contribution in [0.4, 0.5) is 5.69 Å². The molecule has 1 aromatic heterocycles. The van der Waals surface area contributed by atoms with Gasteiger partial charge in [-0.15, -0.1) is 11.3 Å². The highest BCUT2D eigenvalue weighted by molar-refractivity contribution is 7.17. The first kappa shape index (κ1) is 14.7. The number of nitrogens with zero attached hydrogens (tertiary/aromatic N) is 1. The van der Waals surface area contributed by atoms with Gasteiger partial charge in [0.1, 0.15) is 0 Å². The zero-order chi connectivity index (χ0) is 15.8. The molecule has 0 spiro atoms. The molecule has 1 amide bonds. The summed E-state index contributed by atoms with van der Waals surface area (Å²) < 4.78 is 0. The van der Waals surface area contributed by atoms with E-state index in [0.717, 1.165) is 46.4 Å². The number of thiophene rings is 1. The maximum Gasteiger partial charge on any atom is 0.262 e. The fourth-order valence-corrected chi connectivity index (χ4v) is 4.62. The molecule has 120 valence electrons. The second-order valence-electron chi connectivity index (χ2n) is 6.46. The van der Waals surface area contributed by atoms with Crippen LogP contribution in [0.2, 0.25) is 0 Å². The van der Waals surface area contributed by atoms with Gasteiger partial charge in [-0.25, -0.2) is 0 Å². The number of hydrogen-bond acceptors (Lipinski definition) is 4. The molecular weight excluding hydrogens is 306 g/mol. The van der Waals surface area contributed by atoms with E-state index in [9.17, 15) is 4.79 Å². The van der Waals surface area contributed by atoms with E-state index in [-0.39, 0.29) is 12.1 Å². The normalized spacial score (nSPS) is 26.2. The van der Waals surface area contributed by atoms with Crippen LogP contribution in [-0.2, 0) is 0 Å². The minimum Gasteiger partial charge on any atom is -0.398 e. The number of carbonyl (C=O) groups excluding carboxylic acids is 1. The molecule has 5 heteroatoms. The first-order valence-electron chi connectivity index (χ1n) is 8.20. The van der Waals surface area contributed by atoms with E-state index in [0.29, 0.717) is 0 Å². The minimum absolute atomic E-state index is 0.0355. The van der Waals surface area contributed by atoms with E-state index >= 15 is 0 Å². The number of piperidine rings is 3. The maximum atomic E-state index is 12.6. The lowest BCUT2D eigenvalue weighted by Gasteiger charge is -2.45. The molecule has 2 bridgehead atoms. The van der Waals surface area contributed by atoms with Crippen LogP contribution in [0.3, 0.4) is 0 Å². The van der Waals surface area contributed by atoms with E-state index in [1.807, 2.05) is 36.4 Å². The first-order valence-corrected chi connectivity index (χ1v) is 9.02. The Kier molecular flexibility index (Phi) is 3.83. The Labute approximate surface area is 140 Å². The number of nitrogens with one attached hydrogen (secondary N) is 1. The summed E-state index contributed by atoms with van der Waals surface area (Å²) in [6, 6.07) is 11.7. The number of rotatable bonds is 3. The summed E-state index contributed by atoms with van der Waals surface area (Å²) in [6.07, 6.45) is 3.86. The van der Waals surface area contributed by atoms with Gasteiger partial charge in [-0.2, -0.15) is 0 Å². The van der Waals surface area contributed by atoms with Crippen molar-refractivity contribution in [1.82, 2.24) is 10.2 Å². The van der Waals surface area contributed by atoms with E-state index in [2.05, 4.69) is 10.2 Å². The molecule has 3 fully saturated rings. The van der Waals surface area contributed by atoms with Crippen LogP contribution in [0.5, 0.6) is 0 Å².